The van der Waals surface area contributed by atoms with E-state index < -0.39 is 0 Å². The summed E-state index contributed by atoms with van der Waals surface area (Å²) in [5.41, 5.74) is 1.09. The first kappa shape index (κ1) is 13.3. The maximum Gasteiger partial charge on any atom is 0.169 e. The zero-order chi connectivity index (χ0) is 12.1. The maximum atomic E-state index is 6.15. The number of halogens is 1. The van der Waals surface area contributed by atoms with E-state index in [9.17, 15) is 0 Å². The molecule has 0 saturated carbocycles. The van der Waals surface area contributed by atoms with E-state index in [1.165, 1.54) is 0 Å². The number of nitrogens with one attached hydrogen (secondary N) is 1. The van der Waals surface area contributed by atoms with E-state index in [0.717, 1.165) is 22.2 Å². The lowest BCUT2D eigenvalue weighted by atomic mass is 10.1. The lowest BCUT2D eigenvalue weighted by Gasteiger charge is -2.28. The van der Waals surface area contributed by atoms with E-state index >= 15 is 0 Å². The molecule has 1 unspecified atom stereocenters. The van der Waals surface area contributed by atoms with Crippen molar-refractivity contribution in [1.29, 1.82) is 0 Å². The molecule has 0 amide bonds. The Morgan fingerprint density at radius 3 is 2.69 bits per heavy atom. The number of hydrogen-bond acceptors (Lipinski definition) is 1. The van der Waals surface area contributed by atoms with Crippen LogP contribution in [0.3, 0.4) is 0 Å². The van der Waals surface area contributed by atoms with Gasteiger partial charge in [0.1, 0.15) is 0 Å². The summed E-state index contributed by atoms with van der Waals surface area (Å²) in [6.45, 7) is 4.95. The van der Waals surface area contributed by atoms with E-state index in [-0.39, 0.29) is 6.04 Å². The van der Waals surface area contributed by atoms with Crippen molar-refractivity contribution in [3.05, 3.63) is 34.9 Å². The average molecular weight is 257 g/mol. The molecule has 0 aliphatic carbocycles. The fourth-order valence-electron chi connectivity index (χ4n) is 1.47. The van der Waals surface area contributed by atoms with Gasteiger partial charge in [0.2, 0.25) is 0 Å². The maximum absolute atomic E-state index is 6.15. The molecule has 0 heterocycles. The van der Waals surface area contributed by atoms with Gasteiger partial charge in [-0.05, 0) is 37.7 Å². The first-order chi connectivity index (χ1) is 7.57. The summed E-state index contributed by atoms with van der Waals surface area (Å²) in [5, 5.41) is 4.65. The Bertz CT molecular complexity index is 368. The standard InChI is InChI=1S/C12H17ClN2S/c1-4-14-12(16)15(3)9(2)10-7-5-6-8-11(10)13/h5-9H,4H2,1-3H3,(H,14,16). The van der Waals surface area contributed by atoms with Crippen LogP contribution >= 0.6 is 23.8 Å². The number of rotatable bonds is 3. The monoisotopic (exact) mass is 256 g/mol. The van der Waals surface area contributed by atoms with Crippen LogP contribution in [-0.2, 0) is 0 Å². The minimum Gasteiger partial charge on any atom is -0.363 e. The Morgan fingerprint density at radius 1 is 1.50 bits per heavy atom. The lowest BCUT2D eigenvalue weighted by Crippen LogP contribution is -2.38. The third-order valence-electron chi connectivity index (χ3n) is 2.58. The van der Waals surface area contributed by atoms with Crippen molar-refractivity contribution in [2.45, 2.75) is 19.9 Å². The van der Waals surface area contributed by atoms with Crippen LogP contribution in [-0.4, -0.2) is 23.6 Å². The van der Waals surface area contributed by atoms with Gasteiger partial charge in [-0.15, -0.1) is 0 Å². The van der Waals surface area contributed by atoms with E-state index in [1.54, 1.807) is 0 Å². The zero-order valence-electron chi connectivity index (χ0n) is 9.83. The largest absolute Gasteiger partial charge is 0.363 e. The molecule has 0 aliphatic heterocycles. The highest BCUT2D eigenvalue weighted by atomic mass is 35.5. The van der Waals surface area contributed by atoms with Crippen LogP contribution in [0.25, 0.3) is 0 Å². The molecule has 0 aliphatic rings. The molecule has 1 atom stereocenters. The van der Waals surface area contributed by atoms with Crippen molar-refractivity contribution < 1.29 is 0 Å². The Labute approximate surface area is 108 Å². The van der Waals surface area contributed by atoms with Gasteiger partial charge in [-0.1, -0.05) is 29.8 Å². The number of hydrogen-bond donors (Lipinski definition) is 1. The van der Waals surface area contributed by atoms with E-state index in [1.807, 2.05) is 43.1 Å². The second-order valence-corrected chi connectivity index (χ2v) is 4.44. The van der Waals surface area contributed by atoms with Crippen molar-refractivity contribution in [3.8, 4) is 0 Å². The molecule has 2 nitrogen and oxygen atoms in total. The zero-order valence-corrected chi connectivity index (χ0v) is 11.4. The summed E-state index contributed by atoms with van der Waals surface area (Å²) in [7, 11) is 1.97. The molecule has 1 N–H and O–H groups in total. The third kappa shape index (κ3) is 3.09. The lowest BCUT2D eigenvalue weighted by molar-refractivity contribution is 0.397. The van der Waals surface area contributed by atoms with Crippen molar-refractivity contribution in [1.82, 2.24) is 10.2 Å². The molecule has 0 spiro atoms. The Hall–Kier alpha value is -0.800. The molecule has 0 fully saturated rings. The van der Waals surface area contributed by atoms with Crippen molar-refractivity contribution in [2.75, 3.05) is 13.6 Å². The van der Waals surface area contributed by atoms with Crippen LogP contribution < -0.4 is 5.32 Å². The predicted molar refractivity (Wildman–Crippen MR) is 73.9 cm³/mol. The summed E-state index contributed by atoms with van der Waals surface area (Å²) in [5.74, 6) is 0. The molecular weight excluding hydrogens is 240 g/mol. The molecule has 0 aromatic heterocycles. The normalized spacial score (nSPS) is 12.0. The minimum atomic E-state index is 0.167. The van der Waals surface area contributed by atoms with Crippen LogP contribution in [0.4, 0.5) is 0 Å². The molecule has 0 bridgehead atoms. The fraction of sp³-hybridized carbons (Fsp3) is 0.417. The van der Waals surface area contributed by atoms with E-state index in [2.05, 4.69) is 12.2 Å². The second-order valence-electron chi connectivity index (χ2n) is 3.64. The molecule has 1 aromatic rings. The highest BCUT2D eigenvalue weighted by Crippen LogP contribution is 2.25. The number of thiocarbonyl (C=S) groups is 1. The first-order valence-corrected chi connectivity index (χ1v) is 6.11. The molecular formula is C12H17ClN2S. The quantitative estimate of drug-likeness (QED) is 0.836. The smallest absolute Gasteiger partial charge is 0.169 e. The molecule has 88 valence electrons. The summed E-state index contributed by atoms with van der Waals surface area (Å²) in [4.78, 5) is 2.01. The summed E-state index contributed by atoms with van der Waals surface area (Å²) < 4.78 is 0. The van der Waals surface area contributed by atoms with Gasteiger partial charge in [0.25, 0.3) is 0 Å². The highest BCUT2D eigenvalue weighted by molar-refractivity contribution is 7.80. The summed E-state index contributed by atoms with van der Waals surface area (Å²) in [6, 6.07) is 8.01. The second kappa shape index (κ2) is 6.06. The van der Waals surface area contributed by atoms with Gasteiger partial charge in [-0.3, -0.25) is 0 Å². The Balaban J connectivity index is 2.82. The van der Waals surface area contributed by atoms with Crippen LogP contribution in [0, 0.1) is 0 Å². The third-order valence-corrected chi connectivity index (χ3v) is 3.36. The topological polar surface area (TPSA) is 15.3 Å². The predicted octanol–water partition coefficient (Wildman–Crippen LogP) is 3.23. The van der Waals surface area contributed by atoms with Crippen molar-refractivity contribution in [2.24, 2.45) is 0 Å². The SMILES string of the molecule is CCNC(=S)N(C)C(C)c1ccccc1Cl. The minimum absolute atomic E-state index is 0.167. The van der Waals surface area contributed by atoms with Gasteiger partial charge in [0, 0.05) is 18.6 Å². The molecule has 0 saturated heterocycles. The van der Waals surface area contributed by atoms with Gasteiger partial charge >= 0.3 is 0 Å². The summed E-state index contributed by atoms with van der Waals surface area (Å²) >= 11 is 11.4. The van der Waals surface area contributed by atoms with Crippen molar-refractivity contribution in [3.63, 3.8) is 0 Å². The first-order valence-electron chi connectivity index (χ1n) is 5.33. The van der Waals surface area contributed by atoms with E-state index in [0.29, 0.717) is 0 Å². The van der Waals surface area contributed by atoms with Gasteiger partial charge < -0.3 is 10.2 Å². The fourth-order valence-corrected chi connectivity index (χ4v) is 2.07. The molecule has 1 aromatic carbocycles. The molecule has 1 rings (SSSR count). The average Bonchev–Trinajstić information content (AvgIpc) is 2.28. The van der Waals surface area contributed by atoms with Crippen LogP contribution in [0.5, 0.6) is 0 Å². The van der Waals surface area contributed by atoms with Crippen molar-refractivity contribution >= 4 is 28.9 Å². The molecule has 4 heteroatoms. The van der Waals surface area contributed by atoms with Gasteiger partial charge in [-0.2, -0.15) is 0 Å². The van der Waals surface area contributed by atoms with Gasteiger partial charge in [0.15, 0.2) is 5.11 Å². The van der Waals surface area contributed by atoms with Crippen LogP contribution in [0.15, 0.2) is 24.3 Å². The van der Waals surface area contributed by atoms with Crippen LogP contribution in [0.2, 0.25) is 5.02 Å². The Morgan fingerprint density at radius 2 is 2.12 bits per heavy atom. The van der Waals surface area contributed by atoms with Gasteiger partial charge in [0.05, 0.1) is 6.04 Å². The number of nitrogens with zero attached hydrogens (tertiary/aromatic N) is 1. The van der Waals surface area contributed by atoms with Crippen LogP contribution in [0.1, 0.15) is 25.5 Å². The Kier molecular flexibility index (Phi) is 5.03. The van der Waals surface area contributed by atoms with Gasteiger partial charge in [-0.25, -0.2) is 0 Å². The molecule has 16 heavy (non-hydrogen) atoms. The summed E-state index contributed by atoms with van der Waals surface area (Å²) in [6.07, 6.45) is 0. The van der Waals surface area contributed by atoms with E-state index in [4.69, 9.17) is 23.8 Å². The number of benzene rings is 1. The highest BCUT2D eigenvalue weighted by Gasteiger charge is 2.15. The molecule has 0 radical (unpaired) electrons.